The summed E-state index contributed by atoms with van der Waals surface area (Å²) in [6.07, 6.45) is 3.84. The number of thioether (sulfide) groups is 1. The van der Waals surface area contributed by atoms with E-state index in [0.717, 1.165) is 36.1 Å². The van der Waals surface area contributed by atoms with Gasteiger partial charge in [0, 0.05) is 11.6 Å². The minimum Gasteiger partial charge on any atom is -0.277 e. The van der Waals surface area contributed by atoms with Gasteiger partial charge in [-0.1, -0.05) is 42.8 Å². The fourth-order valence-electron chi connectivity index (χ4n) is 2.06. The molecule has 0 spiro atoms. The van der Waals surface area contributed by atoms with Crippen LogP contribution in [0.15, 0.2) is 35.7 Å². The Morgan fingerprint density at radius 1 is 1.26 bits per heavy atom. The maximum Gasteiger partial charge on any atom is 0.196 e. The van der Waals surface area contributed by atoms with Crippen molar-refractivity contribution in [1.29, 1.82) is 0 Å². The minimum atomic E-state index is 0.635. The van der Waals surface area contributed by atoms with E-state index >= 15 is 0 Å². The molecular formula is C14H16ClN7S. The molecule has 3 rings (SSSR count). The van der Waals surface area contributed by atoms with Crippen molar-refractivity contribution in [3.05, 3.63) is 41.4 Å². The summed E-state index contributed by atoms with van der Waals surface area (Å²) in [4.78, 5) is 0. The number of hydrogen-bond donors (Lipinski definition) is 0. The van der Waals surface area contributed by atoms with Crippen LogP contribution in [0.2, 0.25) is 5.02 Å². The van der Waals surface area contributed by atoms with E-state index in [4.69, 9.17) is 11.6 Å². The van der Waals surface area contributed by atoms with Crippen molar-refractivity contribution in [1.82, 2.24) is 35.0 Å². The van der Waals surface area contributed by atoms with Crippen LogP contribution < -0.4 is 0 Å². The van der Waals surface area contributed by atoms with E-state index in [9.17, 15) is 0 Å². The number of benzene rings is 1. The van der Waals surface area contributed by atoms with Gasteiger partial charge in [0.15, 0.2) is 11.0 Å². The summed E-state index contributed by atoms with van der Waals surface area (Å²) in [5, 5.41) is 21.5. The van der Waals surface area contributed by atoms with Crippen LogP contribution in [-0.4, -0.2) is 35.0 Å². The lowest BCUT2D eigenvalue weighted by molar-refractivity contribution is 0.540. The second-order valence-electron chi connectivity index (χ2n) is 4.92. The first kappa shape index (κ1) is 15.9. The van der Waals surface area contributed by atoms with E-state index in [2.05, 4.69) is 32.6 Å². The third-order valence-corrected chi connectivity index (χ3v) is 4.44. The van der Waals surface area contributed by atoms with Gasteiger partial charge in [-0.25, -0.2) is 4.68 Å². The standard InChI is InChI=1S/C14H16ClN7S/c1-2-3-7-22-13(17-19-20-22)9-23-14-18-16-10-21(14)12-6-4-5-11(15)8-12/h4-6,8,10H,2-3,7,9H2,1H3. The Balaban J connectivity index is 1.73. The van der Waals surface area contributed by atoms with Crippen molar-refractivity contribution in [3.63, 3.8) is 0 Å². The number of tetrazole rings is 1. The van der Waals surface area contributed by atoms with Gasteiger partial charge in [-0.05, 0) is 35.0 Å². The normalized spacial score (nSPS) is 11.0. The first-order valence-electron chi connectivity index (χ1n) is 7.31. The summed E-state index contributed by atoms with van der Waals surface area (Å²) in [5.74, 6) is 1.47. The van der Waals surface area contributed by atoms with Crippen molar-refractivity contribution < 1.29 is 0 Å². The van der Waals surface area contributed by atoms with Crippen LogP contribution in [-0.2, 0) is 12.3 Å². The molecule has 0 aliphatic carbocycles. The highest BCUT2D eigenvalue weighted by Gasteiger charge is 2.11. The van der Waals surface area contributed by atoms with E-state index in [1.54, 1.807) is 18.1 Å². The van der Waals surface area contributed by atoms with Gasteiger partial charge < -0.3 is 0 Å². The number of aromatic nitrogens is 7. The molecule has 2 heterocycles. The summed E-state index contributed by atoms with van der Waals surface area (Å²) in [7, 11) is 0. The molecule has 0 radical (unpaired) electrons. The number of aryl methyl sites for hydroxylation is 1. The summed E-state index contributed by atoms with van der Waals surface area (Å²) >= 11 is 7.59. The van der Waals surface area contributed by atoms with Crippen LogP contribution in [0.3, 0.4) is 0 Å². The lowest BCUT2D eigenvalue weighted by atomic mass is 10.3. The van der Waals surface area contributed by atoms with Gasteiger partial charge >= 0.3 is 0 Å². The predicted octanol–water partition coefficient (Wildman–Crippen LogP) is 3.00. The molecule has 0 amide bonds. The van der Waals surface area contributed by atoms with Crippen molar-refractivity contribution in [2.75, 3.05) is 0 Å². The van der Waals surface area contributed by atoms with E-state index < -0.39 is 0 Å². The topological polar surface area (TPSA) is 74.3 Å². The second-order valence-corrected chi connectivity index (χ2v) is 6.30. The Labute approximate surface area is 143 Å². The SMILES string of the molecule is CCCCn1nnnc1CSc1nncn1-c1cccc(Cl)c1. The molecule has 9 heteroatoms. The van der Waals surface area contributed by atoms with Gasteiger partial charge in [0.1, 0.15) is 6.33 Å². The highest BCUT2D eigenvalue weighted by Crippen LogP contribution is 2.23. The Morgan fingerprint density at radius 3 is 3.00 bits per heavy atom. The predicted molar refractivity (Wildman–Crippen MR) is 88.7 cm³/mol. The minimum absolute atomic E-state index is 0.635. The van der Waals surface area contributed by atoms with Crippen LogP contribution in [0.25, 0.3) is 5.69 Å². The Morgan fingerprint density at radius 2 is 2.17 bits per heavy atom. The summed E-state index contributed by atoms with van der Waals surface area (Å²) in [6.45, 7) is 2.98. The number of hydrogen-bond acceptors (Lipinski definition) is 6. The molecule has 0 saturated heterocycles. The molecule has 3 aromatic rings. The number of nitrogens with zero attached hydrogens (tertiary/aromatic N) is 7. The lowest BCUT2D eigenvalue weighted by Crippen LogP contribution is -2.05. The molecule has 0 unspecified atom stereocenters. The highest BCUT2D eigenvalue weighted by molar-refractivity contribution is 7.98. The molecule has 120 valence electrons. The van der Waals surface area contributed by atoms with Gasteiger partial charge in [-0.3, -0.25) is 4.57 Å². The van der Waals surface area contributed by atoms with E-state index in [-0.39, 0.29) is 0 Å². The molecule has 0 atom stereocenters. The zero-order valence-corrected chi connectivity index (χ0v) is 14.2. The molecule has 0 aliphatic rings. The zero-order valence-electron chi connectivity index (χ0n) is 12.6. The molecule has 0 saturated carbocycles. The highest BCUT2D eigenvalue weighted by atomic mass is 35.5. The van der Waals surface area contributed by atoms with Gasteiger partial charge in [0.2, 0.25) is 0 Å². The Hall–Kier alpha value is -1.93. The average molecular weight is 350 g/mol. The maximum absolute atomic E-state index is 6.05. The zero-order chi connectivity index (χ0) is 16.1. The van der Waals surface area contributed by atoms with Gasteiger partial charge in [-0.2, -0.15) is 0 Å². The average Bonchev–Trinajstić information content (AvgIpc) is 3.19. The fourth-order valence-corrected chi connectivity index (χ4v) is 3.11. The number of rotatable bonds is 7. The van der Waals surface area contributed by atoms with E-state index in [1.807, 2.05) is 33.5 Å². The van der Waals surface area contributed by atoms with Crippen molar-refractivity contribution in [2.45, 2.75) is 37.2 Å². The van der Waals surface area contributed by atoms with Crippen LogP contribution in [0.5, 0.6) is 0 Å². The van der Waals surface area contributed by atoms with Crippen molar-refractivity contribution in [2.24, 2.45) is 0 Å². The smallest absolute Gasteiger partial charge is 0.196 e. The number of unbranched alkanes of at least 4 members (excludes halogenated alkanes) is 1. The van der Waals surface area contributed by atoms with Crippen LogP contribution in [0.4, 0.5) is 0 Å². The monoisotopic (exact) mass is 349 g/mol. The van der Waals surface area contributed by atoms with Gasteiger partial charge in [0.05, 0.1) is 11.4 Å². The molecule has 1 aromatic carbocycles. The van der Waals surface area contributed by atoms with Crippen molar-refractivity contribution in [3.8, 4) is 5.69 Å². The largest absolute Gasteiger partial charge is 0.277 e. The molecular weight excluding hydrogens is 334 g/mol. The van der Waals surface area contributed by atoms with Gasteiger partial charge in [-0.15, -0.1) is 15.3 Å². The molecule has 0 N–H and O–H groups in total. The first-order valence-corrected chi connectivity index (χ1v) is 8.68. The summed E-state index contributed by atoms with van der Waals surface area (Å²) in [5.41, 5.74) is 0.926. The first-order chi connectivity index (χ1) is 11.3. The molecule has 7 nitrogen and oxygen atoms in total. The molecule has 0 aliphatic heterocycles. The third kappa shape index (κ3) is 3.89. The van der Waals surface area contributed by atoms with E-state index in [1.165, 1.54) is 0 Å². The molecule has 0 bridgehead atoms. The Kier molecular flexibility index (Phi) is 5.24. The molecule has 0 fully saturated rings. The van der Waals surface area contributed by atoms with Crippen LogP contribution in [0, 0.1) is 0 Å². The maximum atomic E-state index is 6.05. The molecule has 23 heavy (non-hydrogen) atoms. The Bertz CT molecular complexity index is 770. The lowest BCUT2D eigenvalue weighted by Gasteiger charge is -2.06. The van der Waals surface area contributed by atoms with Gasteiger partial charge in [0.25, 0.3) is 0 Å². The van der Waals surface area contributed by atoms with Crippen LogP contribution in [0.1, 0.15) is 25.6 Å². The third-order valence-electron chi connectivity index (χ3n) is 3.26. The second kappa shape index (κ2) is 7.56. The molecule has 2 aromatic heterocycles. The quantitative estimate of drug-likeness (QED) is 0.610. The van der Waals surface area contributed by atoms with E-state index in [0.29, 0.717) is 10.8 Å². The summed E-state index contributed by atoms with van der Waals surface area (Å²) in [6, 6.07) is 7.58. The summed E-state index contributed by atoms with van der Waals surface area (Å²) < 4.78 is 3.74. The van der Waals surface area contributed by atoms with Crippen molar-refractivity contribution >= 4 is 23.4 Å². The van der Waals surface area contributed by atoms with Crippen LogP contribution >= 0.6 is 23.4 Å². The fraction of sp³-hybridized carbons (Fsp3) is 0.357. The number of halogens is 1.